The predicted molar refractivity (Wildman–Crippen MR) is 66.3 cm³/mol. The van der Waals surface area contributed by atoms with Crippen LogP contribution in [0.5, 0.6) is 0 Å². The Hall–Kier alpha value is -1.09. The lowest BCUT2D eigenvalue weighted by atomic mass is 10.3. The Bertz CT molecular complexity index is 486. The summed E-state index contributed by atoms with van der Waals surface area (Å²) in [5.74, 6) is 0. The van der Waals surface area contributed by atoms with Gasteiger partial charge in [-0.1, -0.05) is 13.3 Å². The van der Waals surface area contributed by atoms with E-state index in [-0.39, 0.29) is 6.61 Å². The number of hydrogen-bond acceptors (Lipinski definition) is 4. The monoisotopic (exact) mass is 314 g/mol. The molecule has 1 aromatic heterocycles. The molecule has 0 aliphatic rings. The third-order valence-electron chi connectivity index (χ3n) is 2.61. The Kier molecular flexibility index (Phi) is 6.00. The topological polar surface area (TPSA) is 61.2 Å². The molecule has 0 amide bonds. The fourth-order valence-corrected chi connectivity index (χ4v) is 2.90. The molecule has 0 aliphatic heterocycles. The van der Waals surface area contributed by atoms with Crippen LogP contribution in [-0.2, 0) is 14.3 Å². The molecule has 0 aliphatic carbocycles. The second-order valence-corrected chi connectivity index (χ2v) is 6.05. The average molecular weight is 314 g/mol. The van der Waals surface area contributed by atoms with E-state index in [1.54, 1.807) is 0 Å². The van der Waals surface area contributed by atoms with Gasteiger partial charge in [0.1, 0.15) is 0 Å². The van der Waals surface area contributed by atoms with Crippen LogP contribution in [0.1, 0.15) is 38.0 Å². The second-order valence-electron chi connectivity index (χ2n) is 4.29. The Morgan fingerprint density at radius 3 is 2.60 bits per heavy atom. The Morgan fingerprint density at radius 2 is 2.10 bits per heavy atom. The van der Waals surface area contributed by atoms with E-state index in [2.05, 4.69) is 4.98 Å². The quantitative estimate of drug-likeness (QED) is 0.547. The van der Waals surface area contributed by atoms with Gasteiger partial charge in [-0.3, -0.25) is 4.18 Å². The highest BCUT2D eigenvalue weighted by Gasteiger charge is 2.34. The van der Waals surface area contributed by atoms with E-state index in [0.29, 0.717) is 6.42 Å². The van der Waals surface area contributed by atoms with Crippen molar-refractivity contribution >= 4 is 10.1 Å². The van der Waals surface area contributed by atoms with Gasteiger partial charge in [-0.15, -0.1) is 0 Å². The van der Waals surface area contributed by atoms with Gasteiger partial charge in [0, 0.05) is 18.8 Å². The maximum Gasteiger partial charge on any atom is 0.389 e. The van der Waals surface area contributed by atoms with Gasteiger partial charge < -0.3 is 4.57 Å². The molecule has 0 saturated heterocycles. The van der Waals surface area contributed by atoms with Gasteiger partial charge in [0.2, 0.25) is 0 Å². The largest absolute Gasteiger partial charge is 0.389 e. The van der Waals surface area contributed by atoms with Crippen molar-refractivity contribution in [1.82, 2.24) is 9.55 Å². The van der Waals surface area contributed by atoms with Crippen molar-refractivity contribution in [3.63, 3.8) is 0 Å². The fraction of sp³-hybridized carbons (Fsp3) is 0.727. The molecule has 116 valence electrons. The highest BCUT2D eigenvalue weighted by Crippen LogP contribution is 2.29. The molecule has 0 saturated carbocycles. The standard InChI is InChI=1S/C11H17F3N2O3S/c1-2-3-8-19-20(17,18)10(4-5-11(12,13)14)16-7-6-15-9-16/h6-7,9-10H,2-5,8H2,1H3. The number of alkyl halides is 3. The Labute approximate surface area is 115 Å². The van der Waals surface area contributed by atoms with Gasteiger partial charge >= 0.3 is 6.18 Å². The van der Waals surface area contributed by atoms with Crippen LogP contribution in [0.25, 0.3) is 0 Å². The van der Waals surface area contributed by atoms with Crippen LogP contribution in [0.2, 0.25) is 0 Å². The smallest absolute Gasteiger partial charge is 0.318 e. The summed E-state index contributed by atoms with van der Waals surface area (Å²) in [5, 5.41) is -1.41. The number of imidazole rings is 1. The minimum Gasteiger partial charge on any atom is -0.318 e. The van der Waals surface area contributed by atoms with Crippen LogP contribution in [0, 0.1) is 0 Å². The highest BCUT2D eigenvalue weighted by atomic mass is 32.2. The minimum atomic E-state index is -4.42. The lowest BCUT2D eigenvalue weighted by Gasteiger charge is -2.19. The highest BCUT2D eigenvalue weighted by molar-refractivity contribution is 7.86. The van der Waals surface area contributed by atoms with E-state index in [1.165, 1.54) is 18.7 Å². The molecule has 9 heteroatoms. The minimum absolute atomic E-state index is 0.0317. The lowest BCUT2D eigenvalue weighted by Crippen LogP contribution is -2.24. The molecule has 5 nitrogen and oxygen atoms in total. The number of rotatable bonds is 8. The first-order valence-electron chi connectivity index (χ1n) is 6.18. The van der Waals surface area contributed by atoms with Crippen LogP contribution in [0.15, 0.2) is 18.7 Å². The van der Waals surface area contributed by atoms with Crippen LogP contribution >= 0.6 is 0 Å². The van der Waals surface area contributed by atoms with Gasteiger partial charge in [0.15, 0.2) is 5.37 Å². The molecule has 0 spiro atoms. The van der Waals surface area contributed by atoms with Gasteiger partial charge in [0.05, 0.1) is 12.9 Å². The molecule has 1 rings (SSSR count). The first-order chi connectivity index (χ1) is 9.26. The zero-order valence-electron chi connectivity index (χ0n) is 11.0. The molecule has 0 aromatic carbocycles. The molecule has 20 heavy (non-hydrogen) atoms. The molecule has 1 atom stereocenters. The summed E-state index contributed by atoms with van der Waals surface area (Å²) in [6.07, 6.45) is -1.19. The number of halogens is 3. The van der Waals surface area contributed by atoms with Gasteiger partial charge in [0.25, 0.3) is 10.1 Å². The summed E-state index contributed by atoms with van der Waals surface area (Å²) < 4.78 is 66.7. The van der Waals surface area contributed by atoms with E-state index in [4.69, 9.17) is 4.18 Å². The van der Waals surface area contributed by atoms with E-state index in [0.717, 1.165) is 11.0 Å². The van der Waals surface area contributed by atoms with Crippen LogP contribution < -0.4 is 0 Å². The zero-order valence-corrected chi connectivity index (χ0v) is 11.8. The normalized spacial score (nSPS) is 14.4. The maximum atomic E-state index is 12.3. The summed E-state index contributed by atoms with van der Waals surface area (Å²) in [5.41, 5.74) is 0. The van der Waals surface area contributed by atoms with Crippen LogP contribution in [0.4, 0.5) is 13.2 Å². The summed E-state index contributed by atoms with van der Waals surface area (Å²) >= 11 is 0. The van der Waals surface area contributed by atoms with Gasteiger partial charge in [-0.2, -0.15) is 21.6 Å². The molecule has 1 unspecified atom stereocenters. The van der Waals surface area contributed by atoms with Crippen molar-refractivity contribution in [3.8, 4) is 0 Å². The summed E-state index contributed by atoms with van der Waals surface area (Å²) in [4.78, 5) is 3.66. The van der Waals surface area contributed by atoms with Gasteiger partial charge in [-0.25, -0.2) is 4.98 Å². The number of nitrogens with zero attached hydrogens (tertiary/aromatic N) is 2. The predicted octanol–water partition coefficient (Wildman–Crippen LogP) is 2.87. The number of aromatic nitrogens is 2. The van der Waals surface area contributed by atoms with Gasteiger partial charge in [-0.05, 0) is 12.8 Å². The summed E-state index contributed by atoms with van der Waals surface area (Å²) in [6, 6.07) is 0. The van der Waals surface area contributed by atoms with E-state index in [1.807, 2.05) is 6.92 Å². The van der Waals surface area contributed by atoms with Crippen molar-refractivity contribution in [3.05, 3.63) is 18.7 Å². The molecule has 0 N–H and O–H groups in total. The number of unbranched alkanes of at least 4 members (excludes halogenated alkanes) is 1. The van der Waals surface area contributed by atoms with Crippen molar-refractivity contribution in [2.75, 3.05) is 6.61 Å². The zero-order chi connectivity index (χ0) is 15.2. The Morgan fingerprint density at radius 1 is 1.40 bits per heavy atom. The molecule has 1 aromatic rings. The SMILES string of the molecule is CCCCOS(=O)(=O)C(CCC(F)(F)F)n1ccnc1. The second kappa shape index (κ2) is 7.07. The summed E-state index contributed by atoms with van der Waals surface area (Å²) in [6.45, 7) is 1.82. The molecule has 0 radical (unpaired) electrons. The summed E-state index contributed by atoms with van der Waals surface area (Å²) in [7, 11) is -4.12. The first kappa shape index (κ1) is 17.0. The van der Waals surface area contributed by atoms with E-state index < -0.39 is 34.5 Å². The first-order valence-corrected chi connectivity index (χ1v) is 7.66. The van der Waals surface area contributed by atoms with Crippen LogP contribution in [0.3, 0.4) is 0 Å². The molecule has 0 bridgehead atoms. The van der Waals surface area contributed by atoms with Crippen molar-refractivity contribution in [2.24, 2.45) is 0 Å². The van der Waals surface area contributed by atoms with Crippen LogP contribution in [-0.4, -0.2) is 30.8 Å². The van der Waals surface area contributed by atoms with Crippen molar-refractivity contribution in [2.45, 2.75) is 44.2 Å². The van der Waals surface area contributed by atoms with Crippen molar-refractivity contribution < 1.29 is 25.8 Å². The van der Waals surface area contributed by atoms with Crippen molar-refractivity contribution in [1.29, 1.82) is 0 Å². The lowest BCUT2D eigenvalue weighted by molar-refractivity contribution is -0.136. The fourth-order valence-electron chi connectivity index (χ4n) is 1.57. The molecular formula is C11H17F3N2O3S. The maximum absolute atomic E-state index is 12.3. The molecule has 0 fully saturated rings. The molecule has 1 heterocycles. The third kappa shape index (κ3) is 5.49. The number of hydrogen-bond donors (Lipinski definition) is 0. The molecular weight excluding hydrogens is 297 g/mol. The van der Waals surface area contributed by atoms with E-state index in [9.17, 15) is 21.6 Å². The average Bonchev–Trinajstić information content (AvgIpc) is 2.81. The Balaban J connectivity index is 2.82. The third-order valence-corrected chi connectivity index (χ3v) is 4.25. The van der Waals surface area contributed by atoms with E-state index >= 15 is 0 Å².